The van der Waals surface area contributed by atoms with Gasteiger partial charge in [-0.3, -0.25) is 4.79 Å². The van der Waals surface area contributed by atoms with Crippen LogP contribution in [0.3, 0.4) is 0 Å². The van der Waals surface area contributed by atoms with Crippen LogP contribution in [0.2, 0.25) is 0 Å². The number of ether oxygens (including phenoxy) is 2. The maximum atomic E-state index is 12.5. The molecule has 8 nitrogen and oxygen atoms in total. The molecule has 0 saturated heterocycles. The highest BCUT2D eigenvalue weighted by atomic mass is 32.2. The molecule has 1 aliphatic rings. The molecule has 0 unspecified atom stereocenters. The Labute approximate surface area is 160 Å². The summed E-state index contributed by atoms with van der Waals surface area (Å²) >= 11 is 1.53. The topological polar surface area (TPSA) is 94.9 Å². The molecule has 9 heteroatoms. The molecule has 1 aliphatic carbocycles. The van der Waals surface area contributed by atoms with Crippen molar-refractivity contribution in [2.24, 2.45) is 0 Å². The van der Waals surface area contributed by atoms with E-state index in [0.717, 1.165) is 17.5 Å². The van der Waals surface area contributed by atoms with E-state index in [0.29, 0.717) is 39.9 Å². The number of fused-ring (bicyclic) bond motifs is 1. The van der Waals surface area contributed by atoms with Crippen molar-refractivity contribution in [3.63, 3.8) is 0 Å². The summed E-state index contributed by atoms with van der Waals surface area (Å²) in [6.07, 6.45) is 2.38. The number of thioether (sulfide) groups is 1. The molecule has 3 aromatic rings. The van der Waals surface area contributed by atoms with Gasteiger partial charge < -0.3 is 19.0 Å². The largest absolute Gasteiger partial charge is 0.493 e. The number of H-pyrrole nitrogens is 1. The highest BCUT2D eigenvalue weighted by molar-refractivity contribution is 7.98. The second-order valence-corrected chi connectivity index (χ2v) is 7.33. The lowest BCUT2D eigenvalue weighted by molar-refractivity contribution is 0.355. The van der Waals surface area contributed by atoms with Gasteiger partial charge in [0.25, 0.3) is 5.56 Å². The lowest BCUT2D eigenvalue weighted by atomic mass is 10.2. The van der Waals surface area contributed by atoms with Crippen LogP contribution in [0.15, 0.2) is 22.1 Å². The Morgan fingerprint density at radius 2 is 1.96 bits per heavy atom. The third kappa shape index (κ3) is 3.39. The Kier molecular flexibility index (Phi) is 4.77. The van der Waals surface area contributed by atoms with Gasteiger partial charge in [0.1, 0.15) is 11.6 Å². The fourth-order valence-electron chi connectivity index (χ4n) is 3.06. The van der Waals surface area contributed by atoms with E-state index in [2.05, 4.69) is 31.7 Å². The summed E-state index contributed by atoms with van der Waals surface area (Å²) in [4.78, 5) is 19.9. The van der Waals surface area contributed by atoms with E-state index in [4.69, 9.17) is 9.47 Å². The fraction of sp³-hybridized carbons (Fsp3) is 0.444. The van der Waals surface area contributed by atoms with Gasteiger partial charge in [-0.25, -0.2) is 4.98 Å². The molecule has 0 atom stereocenters. The summed E-state index contributed by atoms with van der Waals surface area (Å²) in [5.74, 6) is 3.75. The predicted molar refractivity (Wildman–Crippen MR) is 103 cm³/mol. The first kappa shape index (κ1) is 17.8. The molecule has 0 aliphatic heterocycles. The lowest BCUT2D eigenvalue weighted by Crippen LogP contribution is -2.12. The van der Waals surface area contributed by atoms with Crippen molar-refractivity contribution < 1.29 is 9.47 Å². The maximum absolute atomic E-state index is 12.5. The molecule has 0 spiro atoms. The zero-order chi connectivity index (χ0) is 19.0. The van der Waals surface area contributed by atoms with Crippen LogP contribution < -0.4 is 15.0 Å². The average molecular weight is 387 g/mol. The number of hydrogen-bond donors (Lipinski definition) is 1. The van der Waals surface area contributed by atoms with Gasteiger partial charge in [0.05, 0.1) is 30.9 Å². The Morgan fingerprint density at radius 1 is 1.22 bits per heavy atom. The Balaban J connectivity index is 1.62. The summed E-state index contributed by atoms with van der Waals surface area (Å²) in [5.41, 5.74) is 0.370. The molecule has 1 aromatic carbocycles. The minimum absolute atomic E-state index is 0.202. The van der Waals surface area contributed by atoms with E-state index in [9.17, 15) is 4.79 Å². The minimum atomic E-state index is -0.202. The van der Waals surface area contributed by atoms with Crippen LogP contribution in [0.25, 0.3) is 10.9 Å². The van der Waals surface area contributed by atoms with E-state index in [1.165, 1.54) is 31.7 Å². The standard InChI is InChI=1S/C18H21N5O3S/c1-4-23-16(10-5-6-10)21-22-18(23)27-9-15-19-12-8-14(26-3)13(25-2)7-11(12)17(24)20-15/h7-8,10H,4-6,9H2,1-3H3,(H,19,20,24). The van der Waals surface area contributed by atoms with Gasteiger partial charge in [0, 0.05) is 18.5 Å². The van der Waals surface area contributed by atoms with Gasteiger partial charge in [-0.15, -0.1) is 10.2 Å². The second-order valence-electron chi connectivity index (χ2n) is 6.38. The molecular formula is C18H21N5O3S. The van der Waals surface area contributed by atoms with E-state index in [1.54, 1.807) is 19.2 Å². The highest BCUT2D eigenvalue weighted by Crippen LogP contribution is 2.40. The highest BCUT2D eigenvalue weighted by Gasteiger charge is 2.30. The van der Waals surface area contributed by atoms with E-state index in [1.807, 2.05) is 0 Å². The zero-order valence-corrected chi connectivity index (χ0v) is 16.3. The molecule has 2 aromatic heterocycles. The molecule has 27 heavy (non-hydrogen) atoms. The zero-order valence-electron chi connectivity index (χ0n) is 15.5. The predicted octanol–water partition coefficient (Wildman–Crippen LogP) is 2.72. The average Bonchev–Trinajstić information content (AvgIpc) is 3.45. The number of hydrogen-bond acceptors (Lipinski definition) is 7. The van der Waals surface area contributed by atoms with Gasteiger partial charge in [-0.1, -0.05) is 11.8 Å². The molecule has 1 fully saturated rings. The second kappa shape index (κ2) is 7.22. The molecule has 1 N–H and O–H groups in total. The summed E-state index contributed by atoms with van der Waals surface area (Å²) < 4.78 is 12.7. The third-order valence-electron chi connectivity index (χ3n) is 4.60. The van der Waals surface area contributed by atoms with Crippen molar-refractivity contribution in [1.29, 1.82) is 0 Å². The minimum Gasteiger partial charge on any atom is -0.493 e. The van der Waals surface area contributed by atoms with Crippen LogP contribution in [0.1, 0.15) is 37.3 Å². The molecule has 4 rings (SSSR count). The van der Waals surface area contributed by atoms with Crippen LogP contribution in [0, 0.1) is 0 Å². The van der Waals surface area contributed by atoms with Crippen molar-refractivity contribution in [2.45, 2.75) is 43.1 Å². The monoisotopic (exact) mass is 387 g/mol. The van der Waals surface area contributed by atoms with E-state index in [-0.39, 0.29) is 5.56 Å². The van der Waals surface area contributed by atoms with E-state index >= 15 is 0 Å². The van der Waals surface area contributed by atoms with Crippen molar-refractivity contribution in [1.82, 2.24) is 24.7 Å². The molecule has 0 bridgehead atoms. The fourth-order valence-corrected chi connectivity index (χ4v) is 3.94. The molecule has 0 amide bonds. The number of rotatable bonds is 7. The quantitative estimate of drug-likeness (QED) is 0.623. The summed E-state index contributed by atoms with van der Waals surface area (Å²) in [6, 6.07) is 3.36. The summed E-state index contributed by atoms with van der Waals surface area (Å²) in [5, 5.41) is 9.98. The van der Waals surface area contributed by atoms with Crippen LogP contribution in [0.5, 0.6) is 11.5 Å². The Bertz CT molecular complexity index is 1040. The first-order valence-electron chi connectivity index (χ1n) is 8.85. The molecule has 142 valence electrons. The number of benzene rings is 1. The SMILES string of the molecule is CCn1c(SCc2nc3cc(OC)c(OC)cc3c(=O)[nH]2)nnc1C1CC1. The third-order valence-corrected chi connectivity index (χ3v) is 5.58. The molecule has 2 heterocycles. The van der Waals surface area contributed by atoms with Crippen LogP contribution in [-0.2, 0) is 12.3 Å². The smallest absolute Gasteiger partial charge is 0.258 e. The Morgan fingerprint density at radius 3 is 2.63 bits per heavy atom. The number of methoxy groups -OCH3 is 2. The molecule has 0 radical (unpaired) electrons. The van der Waals surface area contributed by atoms with Crippen molar-refractivity contribution in [3.8, 4) is 11.5 Å². The van der Waals surface area contributed by atoms with Gasteiger partial charge >= 0.3 is 0 Å². The van der Waals surface area contributed by atoms with Gasteiger partial charge in [0.15, 0.2) is 16.7 Å². The van der Waals surface area contributed by atoms with Crippen LogP contribution in [-0.4, -0.2) is 39.0 Å². The molecule has 1 saturated carbocycles. The van der Waals surface area contributed by atoms with Crippen molar-refractivity contribution >= 4 is 22.7 Å². The van der Waals surface area contributed by atoms with Crippen molar-refractivity contribution in [3.05, 3.63) is 34.1 Å². The van der Waals surface area contributed by atoms with Gasteiger partial charge in [-0.2, -0.15) is 0 Å². The van der Waals surface area contributed by atoms with Crippen LogP contribution >= 0.6 is 11.8 Å². The van der Waals surface area contributed by atoms with Crippen molar-refractivity contribution in [2.75, 3.05) is 14.2 Å². The Hall–Kier alpha value is -2.55. The van der Waals surface area contributed by atoms with E-state index < -0.39 is 0 Å². The first-order valence-corrected chi connectivity index (χ1v) is 9.84. The number of nitrogens with zero attached hydrogens (tertiary/aromatic N) is 4. The number of aromatic amines is 1. The number of aromatic nitrogens is 5. The summed E-state index contributed by atoms with van der Waals surface area (Å²) in [7, 11) is 3.10. The molecular weight excluding hydrogens is 366 g/mol. The van der Waals surface area contributed by atoms with Gasteiger partial charge in [0.2, 0.25) is 0 Å². The normalized spacial score (nSPS) is 13.9. The lowest BCUT2D eigenvalue weighted by Gasteiger charge is -2.09. The first-order chi connectivity index (χ1) is 13.1. The van der Waals surface area contributed by atoms with Gasteiger partial charge in [-0.05, 0) is 25.8 Å². The number of nitrogens with one attached hydrogen (secondary N) is 1. The maximum Gasteiger partial charge on any atom is 0.258 e. The summed E-state index contributed by atoms with van der Waals surface area (Å²) in [6.45, 7) is 2.93. The van der Waals surface area contributed by atoms with Crippen LogP contribution in [0.4, 0.5) is 0 Å².